The molecule has 1 aliphatic rings. The largest absolute Gasteiger partial charge is 0.384 e. The molecule has 1 aromatic carbocycles. The number of nitrogens with zero attached hydrogens (tertiary/aromatic N) is 2. The molecule has 0 bridgehead atoms. The van der Waals surface area contributed by atoms with Crippen LogP contribution in [0.15, 0.2) is 24.3 Å². The third-order valence-electron chi connectivity index (χ3n) is 3.99. The number of anilines is 2. The Bertz CT molecular complexity index is 351. The van der Waals surface area contributed by atoms with Gasteiger partial charge in [-0.3, -0.25) is 0 Å². The highest BCUT2D eigenvalue weighted by Gasteiger charge is 2.11. The highest BCUT2D eigenvalue weighted by atomic mass is 15.1. The van der Waals surface area contributed by atoms with Gasteiger partial charge < -0.3 is 15.1 Å². The predicted octanol–water partition coefficient (Wildman–Crippen LogP) is 3.04. The van der Waals surface area contributed by atoms with Crippen molar-refractivity contribution in [2.24, 2.45) is 0 Å². The minimum Gasteiger partial charge on any atom is -0.384 e. The molecule has 19 heavy (non-hydrogen) atoms. The van der Waals surface area contributed by atoms with E-state index in [9.17, 15) is 0 Å². The maximum atomic E-state index is 3.50. The van der Waals surface area contributed by atoms with Gasteiger partial charge in [0.15, 0.2) is 0 Å². The zero-order valence-corrected chi connectivity index (χ0v) is 12.4. The summed E-state index contributed by atoms with van der Waals surface area (Å²) in [6.07, 6.45) is 2.67. The quantitative estimate of drug-likeness (QED) is 0.814. The molecule has 0 aromatic heterocycles. The molecule has 106 valence electrons. The van der Waals surface area contributed by atoms with Crippen LogP contribution in [0.4, 0.5) is 11.4 Å². The van der Waals surface area contributed by atoms with Crippen LogP contribution in [0.25, 0.3) is 0 Å². The van der Waals surface area contributed by atoms with Crippen LogP contribution < -0.4 is 10.2 Å². The first-order chi connectivity index (χ1) is 9.33. The number of benzene rings is 1. The molecule has 0 radical (unpaired) electrons. The fraction of sp³-hybridized carbons (Fsp3) is 0.625. The van der Waals surface area contributed by atoms with Crippen molar-refractivity contribution in [1.82, 2.24) is 4.90 Å². The van der Waals surface area contributed by atoms with E-state index >= 15 is 0 Å². The van der Waals surface area contributed by atoms with Crippen molar-refractivity contribution in [1.29, 1.82) is 0 Å². The predicted molar refractivity (Wildman–Crippen MR) is 84.2 cm³/mol. The van der Waals surface area contributed by atoms with Crippen LogP contribution in [0, 0.1) is 0 Å². The minimum absolute atomic E-state index is 1.02. The van der Waals surface area contributed by atoms with E-state index in [1.165, 1.54) is 37.3 Å². The SMILES string of the molecule is CCN(CC)CCNc1ccc(N2CCCC2)cc1. The van der Waals surface area contributed by atoms with Gasteiger partial charge in [-0.25, -0.2) is 0 Å². The molecule has 3 nitrogen and oxygen atoms in total. The molecular weight excluding hydrogens is 234 g/mol. The van der Waals surface area contributed by atoms with Crippen molar-refractivity contribution in [2.75, 3.05) is 49.5 Å². The summed E-state index contributed by atoms with van der Waals surface area (Å²) in [5.41, 5.74) is 2.60. The Morgan fingerprint density at radius 1 is 1.05 bits per heavy atom. The van der Waals surface area contributed by atoms with Crippen LogP contribution in [-0.2, 0) is 0 Å². The molecule has 1 saturated heterocycles. The van der Waals surface area contributed by atoms with Crippen molar-refractivity contribution in [3.05, 3.63) is 24.3 Å². The lowest BCUT2D eigenvalue weighted by Crippen LogP contribution is -2.28. The molecular formula is C16H27N3. The normalized spacial score (nSPS) is 15.2. The van der Waals surface area contributed by atoms with E-state index in [2.05, 4.69) is 53.2 Å². The Balaban J connectivity index is 1.78. The standard InChI is InChI=1S/C16H27N3/c1-3-18(4-2)14-11-17-15-7-9-16(10-8-15)19-12-5-6-13-19/h7-10,17H,3-6,11-14H2,1-2H3. The molecule has 0 spiro atoms. The zero-order valence-electron chi connectivity index (χ0n) is 12.4. The number of hydrogen-bond acceptors (Lipinski definition) is 3. The topological polar surface area (TPSA) is 18.5 Å². The lowest BCUT2D eigenvalue weighted by molar-refractivity contribution is 0.316. The van der Waals surface area contributed by atoms with E-state index in [-0.39, 0.29) is 0 Å². The average molecular weight is 261 g/mol. The van der Waals surface area contributed by atoms with E-state index in [0.29, 0.717) is 0 Å². The van der Waals surface area contributed by atoms with Crippen LogP contribution in [0.1, 0.15) is 26.7 Å². The Morgan fingerprint density at radius 3 is 2.26 bits per heavy atom. The van der Waals surface area contributed by atoms with Crippen LogP contribution in [0.5, 0.6) is 0 Å². The highest BCUT2D eigenvalue weighted by Crippen LogP contribution is 2.21. The second-order valence-corrected chi connectivity index (χ2v) is 5.19. The van der Waals surface area contributed by atoms with Crippen molar-refractivity contribution in [3.8, 4) is 0 Å². The second kappa shape index (κ2) is 7.39. The highest BCUT2D eigenvalue weighted by molar-refractivity contribution is 5.55. The van der Waals surface area contributed by atoms with Gasteiger partial charge in [-0.15, -0.1) is 0 Å². The van der Waals surface area contributed by atoms with Crippen LogP contribution >= 0.6 is 0 Å². The summed E-state index contributed by atoms with van der Waals surface area (Å²) in [7, 11) is 0. The summed E-state index contributed by atoms with van der Waals surface area (Å²) in [6.45, 7) is 11.3. The Kier molecular flexibility index (Phi) is 5.52. The first-order valence-corrected chi connectivity index (χ1v) is 7.64. The molecule has 0 atom stereocenters. The van der Waals surface area contributed by atoms with Gasteiger partial charge in [0.05, 0.1) is 0 Å². The van der Waals surface area contributed by atoms with E-state index < -0.39 is 0 Å². The van der Waals surface area contributed by atoms with E-state index in [4.69, 9.17) is 0 Å². The first kappa shape index (κ1) is 14.2. The fourth-order valence-corrected chi connectivity index (χ4v) is 2.66. The molecule has 2 rings (SSSR count). The molecule has 3 heteroatoms. The van der Waals surface area contributed by atoms with E-state index in [1.54, 1.807) is 0 Å². The summed E-state index contributed by atoms with van der Waals surface area (Å²) in [5, 5.41) is 3.50. The Labute approximate surface area is 117 Å². The molecule has 1 aliphatic heterocycles. The molecule has 1 fully saturated rings. The van der Waals surface area contributed by atoms with Crippen molar-refractivity contribution in [2.45, 2.75) is 26.7 Å². The molecule has 0 unspecified atom stereocenters. The van der Waals surface area contributed by atoms with Crippen LogP contribution in [-0.4, -0.2) is 44.2 Å². The maximum Gasteiger partial charge on any atom is 0.0367 e. The van der Waals surface area contributed by atoms with Crippen molar-refractivity contribution in [3.63, 3.8) is 0 Å². The van der Waals surface area contributed by atoms with Gasteiger partial charge >= 0.3 is 0 Å². The summed E-state index contributed by atoms with van der Waals surface area (Å²) in [4.78, 5) is 4.91. The number of nitrogens with one attached hydrogen (secondary N) is 1. The summed E-state index contributed by atoms with van der Waals surface area (Å²) < 4.78 is 0. The molecule has 1 N–H and O–H groups in total. The number of hydrogen-bond donors (Lipinski definition) is 1. The Hall–Kier alpha value is -1.22. The van der Waals surface area contributed by atoms with Gasteiger partial charge in [0.1, 0.15) is 0 Å². The Morgan fingerprint density at radius 2 is 1.68 bits per heavy atom. The van der Waals surface area contributed by atoms with Gasteiger partial charge in [-0.1, -0.05) is 13.8 Å². The van der Waals surface area contributed by atoms with Crippen LogP contribution in [0.3, 0.4) is 0 Å². The van der Waals surface area contributed by atoms with E-state index in [1.807, 2.05) is 0 Å². The molecule has 0 amide bonds. The second-order valence-electron chi connectivity index (χ2n) is 5.19. The van der Waals surface area contributed by atoms with E-state index in [0.717, 1.165) is 26.2 Å². The monoisotopic (exact) mass is 261 g/mol. The lowest BCUT2D eigenvalue weighted by atomic mass is 10.2. The minimum atomic E-state index is 1.02. The average Bonchev–Trinajstić information content (AvgIpc) is 2.98. The lowest BCUT2D eigenvalue weighted by Gasteiger charge is -2.20. The van der Waals surface area contributed by atoms with Gasteiger partial charge in [0.25, 0.3) is 0 Å². The van der Waals surface area contributed by atoms with Gasteiger partial charge in [0.2, 0.25) is 0 Å². The summed E-state index contributed by atoms with van der Waals surface area (Å²) >= 11 is 0. The number of rotatable bonds is 7. The summed E-state index contributed by atoms with van der Waals surface area (Å²) in [5.74, 6) is 0. The fourth-order valence-electron chi connectivity index (χ4n) is 2.66. The van der Waals surface area contributed by atoms with Gasteiger partial charge in [-0.05, 0) is 50.2 Å². The maximum absolute atomic E-state index is 3.50. The molecule has 0 aliphatic carbocycles. The zero-order chi connectivity index (χ0) is 13.5. The van der Waals surface area contributed by atoms with Gasteiger partial charge in [-0.2, -0.15) is 0 Å². The first-order valence-electron chi connectivity index (χ1n) is 7.64. The van der Waals surface area contributed by atoms with Crippen molar-refractivity contribution >= 4 is 11.4 Å². The molecule has 1 aromatic rings. The summed E-state index contributed by atoms with van der Waals surface area (Å²) in [6, 6.07) is 8.89. The third-order valence-corrected chi connectivity index (χ3v) is 3.99. The van der Waals surface area contributed by atoms with Crippen molar-refractivity contribution < 1.29 is 0 Å². The molecule has 1 heterocycles. The number of likely N-dealkylation sites (N-methyl/N-ethyl adjacent to an activating group) is 1. The van der Waals surface area contributed by atoms with Gasteiger partial charge in [0, 0.05) is 37.6 Å². The smallest absolute Gasteiger partial charge is 0.0367 e. The van der Waals surface area contributed by atoms with Crippen LogP contribution in [0.2, 0.25) is 0 Å². The third kappa shape index (κ3) is 4.13. The molecule has 0 saturated carbocycles.